The Hall–Kier alpha value is -3.60. The smallest absolute Gasteiger partial charge is 0.266 e. The van der Waals surface area contributed by atoms with Crippen LogP contribution in [0.3, 0.4) is 0 Å². The molecule has 0 bridgehead atoms. The normalized spacial score (nSPS) is 15.1. The van der Waals surface area contributed by atoms with Gasteiger partial charge in [0, 0.05) is 49.7 Å². The molecule has 1 atom stereocenters. The molecular formula is C26H28N4O3. The number of pyridine rings is 1. The van der Waals surface area contributed by atoms with Crippen LogP contribution in [0.25, 0.3) is 11.1 Å². The van der Waals surface area contributed by atoms with E-state index in [-0.39, 0.29) is 17.7 Å². The molecule has 0 aliphatic carbocycles. The lowest BCUT2D eigenvalue weighted by Gasteiger charge is -2.36. The predicted molar refractivity (Wildman–Crippen MR) is 129 cm³/mol. The topological polar surface area (TPSA) is 92.6 Å². The summed E-state index contributed by atoms with van der Waals surface area (Å²) in [7, 11) is 0. The van der Waals surface area contributed by atoms with E-state index in [1.165, 1.54) is 5.69 Å². The fourth-order valence-electron chi connectivity index (χ4n) is 4.11. The number of aliphatic hydroxyl groups excluding tert-OH is 1. The highest BCUT2D eigenvalue weighted by Crippen LogP contribution is 2.24. The van der Waals surface area contributed by atoms with E-state index in [2.05, 4.69) is 39.0 Å². The third-order valence-corrected chi connectivity index (χ3v) is 5.93. The number of aromatic amines is 1. The van der Waals surface area contributed by atoms with E-state index in [4.69, 9.17) is 10.00 Å². The number of nitrogens with one attached hydrogen (secondary N) is 1. The Morgan fingerprint density at radius 1 is 1.09 bits per heavy atom. The molecule has 1 aromatic heterocycles. The van der Waals surface area contributed by atoms with Gasteiger partial charge in [0.1, 0.15) is 30.1 Å². The number of aromatic nitrogens is 1. The number of H-pyrrole nitrogens is 1. The summed E-state index contributed by atoms with van der Waals surface area (Å²) < 4.78 is 5.79. The van der Waals surface area contributed by atoms with Gasteiger partial charge in [-0.2, -0.15) is 5.26 Å². The van der Waals surface area contributed by atoms with E-state index < -0.39 is 6.10 Å². The molecule has 0 amide bonds. The Kier molecular flexibility index (Phi) is 7.08. The highest BCUT2D eigenvalue weighted by molar-refractivity contribution is 5.67. The zero-order valence-corrected chi connectivity index (χ0v) is 18.7. The maximum atomic E-state index is 11.8. The van der Waals surface area contributed by atoms with Crippen LogP contribution in [0.15, 0.2) is 65.5 Å². The van der Waals surface area contributed by atoms with Crippen LogP contribution in [-0.4, -0.2) is 60.4 Å². The Balaban J connectivity index is 1.27. The molecule has 2 aromatic carbocycles. The van der Waals surface area contributed by atoms with Gasteiger partial charge < -0.3 is 19.7 Å². The minimum atomic E-state index is -0.576. The number of aryl methyl sites for hydroxylation is 1. The molecule has 1 aliphatic heterocycles. The summed E-state index contributed by atoms with van der Waals surface area (Å²) in [6, 6.07) is 21.3. The van der Waals surface area contributed by atoms with Crippen molar-refractivity contribution in [2.24, 2.45) is 0 Å². The minimum absolute atomic E-state index is 0.0867. The number of nitriles is 1. The predicted octanol–water partition coefficient (Wildman–Crippen LogP) is 2.78. The summed E-state index contributed by atoms with van der Waals surface area (Å²) in [5, 5.41) is 19.6. The standard InChI is InChI=1S/C26H28N4O3/c1-19-25(15-21(16-27)26(32)28-19)20-7-9-24(10-8-20)33-18-23(31)17-29-11-13-30(14-12-29)22-5-3-2-4-6-22/h2-10,15,23,31H,11-14,17-18H2,1H3,(H,28,32). The molecule has 2 N–H and O–H groups in total. The van der Waals surface area contributed by atoms with Crippen molar-refractivity contribution in [2.45, 2.75) is 13.0 Å². The number of aliphatic hydroxyl groups is 1. The minimum Gasteiger partial charge on any atom is -0.491 e. The lowest BCUT2D eigenvalue weighted by molar-refractivity contribution is 0.0663. The number of β-amino-alcohol motifs (C(OH)–C–C–N with tert-alkyl or cyclic N) is 1. The summed E-state index contributed by atoms with van der Waals surface area (Å²) in [5.74, 6) is 0.661. The van der Waals surface area contributed by atoms with E-state index in [0.717, 1.165) is 37.3 Å². The van der Waals surface area contributed by atoms with Crippen molar-refractivity contribution in [1.82, 2.24) is 9.88 Å². The van der Waals surface area contributed by atoms with Gasteiger partial charge in [-0.3, -0.25) is 9.69 Å². The lowest BCUT2D eigenvalue weighted by Crippen LogP contribution is -2.49. The number of ether oxygens (including phenoxy) is 1. The monoisotopic (exact) mass is 444 g/mol. The van der Waals surface area contributed by atoms with Gasteiger partial charge in [-0.1, -0.05) is 30.3 Å². The number of rotatable bonds is 7. The quantitative estimate of drug-likeness (QED) is 0.582. The van der Waals surface area contributed by atoms with Gasteiger partial charge in [0.25, 0.3) is 5.56 Å². The molecule has 3 aromatic rings. The second kappa shape index (κ2) is 10.3. The Morgan fingerprint density at radius 3 is 2.45 bits per heavy atom. The van der Waals surface area contributed by atoms with Crippen LogP contribution in [0, 0.1) is 18.3 Å². The number of anilines is 1. The molecule has 1 aliphatic rings. The first-order valence-electron chi connectivity index (χ1n) is 11.1. The summed E-state index contributed by atoms with van der Waals surface area (Å²) in [6.45, 7) is 6.29. The second-order valence-corrected chi connectivity index (χ2v) is 8.28. The molecule has 33 heavy (non-hydrogen) atoms. The van der Waals surface area contributed by atoms with Gasteiger partial charge in [-0.15, -0.1) is 0 Å². The van der Waals surface area contributed by atoms with Crippen molar-refractivity contribution in [1.29, 1.82) is 5.26 Å². The highest BCUT2D eigenvalue weighted by Gasteiger charge is 2.19. The second-order valence-electron chi connectivity index (χ2n) is 8.28. The molecule has 1 saturated heterocycles. The zero-order valence-electron chi connectivity index (χ0n) is 18.7. The third kappa shape index (κ3) is 5.61. The lowest BCUT2D eigenvalue weighted by atomic mass is 10.0. The number of piperazine rings is 1. The number of hydrogen-bond donors (Lipinski definition) is 2. The largest absolute Gasteiger partial charge is 0.491 e. The first kappa shape index (κ1) is 22.6. The van der Waals surface area contributed by atoms with Crippen LogP contribution in [0.2, 0.25) is 0 Å². The van der Waals surface area contributed by atoms with Crippen LogP contribution < -0.4 is 15.2 Å². The first-order chi connectivity index (χ1) is 16.0. The van der Waals surface area contributed by atoms with Gasteiger partial charge in [0.15, 0.2) is 0 Å². The van der Waals surface area contributed by atoms with Crippen molar-refractivity contribution in [3.8, 4) is 22.9 Å². The first-order valence-corrected chi connectivity index (χ1v) is 11.1. The molecule has 1 unspecified atom stereocenters. The van der Waals surface area contributed by atoms with E-state index in [9.17, 15) is 9.90 Å². The fourth-order valence-corrected chi connectivity index (χ4v) is 4.11. The van der Waals surface area contributed by atoms with E-state index in [0.29, 0.717) is 18.0 Å². The Morgan fingerprint density at radius 2 is 1.79 bits per heavy atom. The maximum absolute atomic E-state index is 11.8. The number of hydrogen-bond acceptors (Lipinski definition) is 6. The molecule has 170 valence electrons. The van der Waals surface area contributed by atoms with Gasteiger partial charge in [0.2, 0.25) is 0 Å². The molecular weight excluding hydrogens is 416 g/mol. The summed E-state index contributed by atoms with van der Waals surface area (Å²) in [5.41, 5.74) is 3.33. The number of benzene rings is 2. The van der Waals surface area contributed by atoms with Crippen LogP contribution in [0.4, 0.5) is 5.69 Å². The van der Waals surface area contributed by atoms with E-state index >= 15 is 0 Å². The summed E-state index contributed by atoms with van der Waals surface area (Å²) in [4.78, 5) is 19.1. The van der Waals surface area contributed by atoms with E-state index in [1.54, 1.807) is 13.0 Å². The Labute approximate surface area is 193 Å². The van der Waals surface area contributed by atoms with Crippen molar-refractivity contribution >= 4 is 5.69 Å². The molecule has 2 heterocycles. The molecule has 4 rings (SSSR count). The number of para-hydroxylation sites is 1. The van der Waals surface area contributed by atoms with Crippen LogP contribution in [0.1, 0.15) is 11.3 Å². The van der Waals surface area contributed by atoms with Gasteiger partial charge in [-0.05, 0) is 42.8 Å². The summed E-state index contributed by atoms with van der Waals surface area (Å²) >= 11 is 0. The Bertz CT molecular complexity index is 1160. The average Bonchev–Trinajstić information content (AvgIpc) is 2.84. The van der Waals surface area contributed by atoms with Crippen molar-refractivity contribution < 1.29 is 9.84 Å². The maximum Gasteiger partial charge on any atom is 0.266 e. The van der Waals surface area contributed by atoms with Gasteiger partial charge in [0.05, 0.1) is 0 Å². The fraction of sp³-hybridized carbons (Fsp3) is 0.308. The van der Waals surface area contributed by atoms with Crippen molar-refractivity contribution in [3.63, 3.8) is 0 Å². The molecule has 7 nitrogen and oxygen atoms in total. The van der Waals surface area contributed by atoms with Crippen LogP contribution >= 0.6 is 0 Å². The third-order valence-electron chi connectivity index (χ3n) is 5.93. The van der Waals surface area contributed by atoms with Crippen LogP contribution in [0.5, 0.6) is 5.75 Å². The molecule has 0 radical (unpaired) electrons. The summed E-state index contributed by atoms with van der Waals surface area (Å²) in [6.07, 6.45) is -0.576. The van der Waals surface area contributed by atoms with Gasteiger partial charge >= 0.3 is 0 Å². The molecule has 0 spiro atoms. The van der Waals surface area contributed by atoms with Crippen molar-refractivity contribution in [2.75, 3.05) is 44.2 Å². The van der Waals surface area contributed by atoms with E-state index in [1.807, 2.05) is 36.4 Å². The average molecular weight is 445 g/mol. The SMILES string of the molecule is Cc1[nH]c(=O)c(C#N)cc1-c1ccc(OCC(O)CN2CCN(c3ccccc3)CC2)cc1. The molecule has 0 saturated carbocycles. The molecule has 1 fully saturated rings. The molecule has 7 heteroatoms. The zero-order chi connectivity index (χ0) is 23.2. The van der Waals surface area contributed by atoms with Crippen LogP contribution in [-0.2, 0) is 0 Å². The van der Waals surface area contributed by atoms with Gasteiger partial charge in [-0.25, -0.2) is 0 Å². The van der Waals surface area contributed by atoms with Crippen molar-refractivity contribution in [3.05, 3.63) is 82.3 Å². The highest BCUT2D eigenvalue weighted by atomic mass is 16.5. The number of nitrogens with zero attached hydrogens (tertiary/aromatic N) is 3.